The maximum atomic E-state index is 11.4. The fourth-order valence-corrected chi connectivity index (χ4v) is 2.43. The van der Waals surface area contributed by atoms with Crippen molar-refractivity contribution in [2.24, 2.45) is 11.3 Å². The molecule has 2 bridgehead atoms. The van der Waals surface area contributed by atoms with Crippen molar-refractivity contribution in [1.82, 2.24) is 0 Å². The Morgan fingerprint density at radius 2 is 2.25 bits per heavy atom. The molecular formula is C10H14O2. The van der Waals surface area contributed by atoms with Crippen LogP contribution in [0.2, 0.25) is 0 Å². The Hall–Kier alpha value is -0.790. The van der Waals surface area contributed by atoms with Crippen molar-refractivity contribution in [1.29, 1.82) is 0 Å². The first-order valence-electron chi connectivity index (χ1n) is 4.41. The van der Waals surface area contributed by atoms with Gasteiger partial charge in [0, 0.05) is 5.41 Å². The highest BCUT2D eigenvalue weighted by atomic mass is 16.6. The van der Waals surface area contributed by atoms with E-state index in [1.54, 1.807) is 0 Å². The molecule has 12 heavy (non-hydrogen) atoms. The third-order valence-electron chi connectivity index (χ3n) is 3.20. The number of fused-ring (bicyclic) bond motifs is 2. The second-order valence-electron chi connectivity index (χ2n) is 4.38. The van der Waals surface area contributed by atoms with Gasteiger partial charge in [0.2, 0.25) is 0 Å². The van der Waals surface area contributed by atoms with Crippen LogP contribution < -0.4 is 0 Å². The monoisotopic (exact) mass is 166 g/mol. The lowest BCUT2D eigenvalue weighted by Crippen LogP contribution is -2.35. The molecule has 2 fully saturated rings. The van der Waals surface area contributed by atoms with Crippen LogP contribution in [0.1, 0.15) is 26.7 Å². The minimum absolute atomic E-state index is 0.0214. The smallest absolute Gasteiger partial charge is 0.314 e. The molecule has 1 aliphatic heterocycles. The van der Waals surface area contributed by atoms with Gasteiger partial charge >= 0.3 is 5.97 Å². The molecule has 0 amide bonds. The van der Waals surface area contributed by atoms with Gasteiger partial charge in [-0.1, -0.05) is 26.0 Å². The predicted molar refractivity (Wildman–Crippen MR) is 45.5 cm³/mol. The highest BCUT2D eigenvalue weighted by Crippen LogP contribution is 2.50. The number of ether oxygens (including phenoxy) is 1. The van der Waals surface area contributed by atoms with E-state index in [4.69, 9.17) is 4.74 Å². The molecule has 0 aromatic heterocycles. The maximum Gasteiger partial charge on any atom is 0.314 e. The summed E-state index contributed by atoms with van der Waals surface area (Å²) < 4.78 is 5.27. The van der Waals surface area contributed by atoms with Crippen LogP contribution in [0.3, 0.4) is 0 Å². The number of hydrogen-bond acceptors (Lipinski definition) is 2. The lowest BCUT2D eigenvalue weighted by Gasteiger charge is -2.34. The number of hydrogen-bond donors (Lipinski definition) is 0. The molecule has 2 nitrogen and oxygen atoms in total. The molecule has 2 rings (SSSR count). The van der Waals surface area contributed by atoms with Crippen LogP contribution in [0, 0.1) is 11.3 Å². The normalized spacial score (nSPS) is 38.2. The van der Waals surface area contributed by atoms with Crippen LogP contribution in [0.4, 0.5) is 0 Å². The van der Waals surface area contributed by atoms with Crippen LogP contribution in [-0.4, -0.2) is 12.1 Å². The maximum absolute atomic E-state index is 11.4. The summed E-state index contributed by atoms with van der Waals surface area (Å²) in [4.78, 5) is 11.4. The van der Waals surface area contributed by atoms with Gasteiger partial charge in [-0.15, -0.1) is 0 Å². The molecular weight excluding hydrogens is 152 g/mol. The van der Waals surface area contributed by atoms with E-state index in [0.717, 1.165) is 18.4 Å². The van der Waals surface area contributed by atoms with Gasteiger partial charge in [0.15, 0.2) is 0 Å². The van der Waals surface area contributed by atoms with E-state index in [1.165, 1.54) is 0 Å². The average Bonchev–Trinajstić information content (AvgIpc) is 2.12. The van der Waals surface area contributed by atoms with E-state index >= 15 is 0 Å². The summed E-state index contributed by atoms with van der Waals surface area (Å²) in [5.74, 6) is -0.108. The summed E-state index contributed by atoms with van der Waals surface area (Å²) in [5, 5.41) is 0. The van der Waals surface area contributed by atoms with Crippen molar-refractivity contribution in [2.75, 3.05) is 0 Å². The van der Waals surface area contributed by atoms with Gasteiger partial charge in [0.25, 0.3) is 0 Å². The first kappa shape index (κ1) is 7.84. The van der Waals surface area contributed by atoms with Crippen LogP contribution in [-0.2, 0) is 9.53 Å². The Morgan fingerprint density at radius 1 is 1.58 bits per heavy atom. The van der Waals surface area contributed by atoms with E-state index in [2.05, 4.69) is 20.4 Å². The first-order chi connectivity index (χ1) is 5.53. The van der Waals surface area contributed by atoms with Crippen molar-refractivity contribution < 1.29 is 9.53 Å². The second kappa shape index (κ2) is 2.12. The molecule has 1 aliphatic carbocycles. The Balaban J connectivity index is 2.42. The number of rotatable bonds is 0. The molecule has 2 aliphatic rings. The van der Waals surface area contributed by atoms with Gasteiger partial charge in [0.1, 0.15) is 6.10 Å². The lowest BCUT2D eigenvalue weighted by molar-refractivity contribution is -0.142. The zero-order valence-corrected chi connectivity index (χ0v) is 7.59. The first-order valence-corrected chi connectivity index (χ1v) is 4.41. The Labute approximate surface area is 72.6 Å². The lowest BCUT2D eigenvalue weighted by atomic mass is 9.67. The van der Waals surface area contributed by atoms with Crippen molar-refractivity contribution in [2.45, 2.75) is 32.8 Å². The zero-order valence-electron chi connectivity index (χ0n) is 7.59. The van der Waals surface area contributed by atoms with Gasteiger partial charge in [-0.25, -0.2) is 0 Å². The third kappa shape index (κ3) is 0.780. The van der Waals surface area contributed by atoms with Gasteiger partial charge in [0.05, 0.1) is 5.92 Å². The van der Waals surface area contributed by atoms with E-state index < -0.39 is 0 Å². The Morgan fingerprint density at radius 3 is 2.83 bits per heavy atom. The van der Waals surface area contributed by atoms with Crippen molar-refractivity contribution in [3.05, 3.63) is 12.2 Å². The summed E-state index contributed by atoms with van der Waals surface area (Å²) >= 11 is 0. The fourth-order valence-electron chi connectivity index (χ4n) is 2.43. The standard InChI is InChI=1S/C10H14O2/c1-6-4-5-7-10(2,3)8(6)9(11)12-7/h7-8H,1,4-5H2,2-3H3/t7-,8-/m0/s1. The molecule has 2 atom stereocenters. The van der Waals surface area contributed by atoms with Crippen molar-refractivity contribution in [3.8, 4) is 0 Å². The SMILES string of the molecule is C=C1CC[C@@H]2OC(=O)[C@H]1C2(C)C. The molecule has 0 aromatic carbocycles. The van der Waals surface area contributed by atoms with E-state index in [9.17, 15) is 4.79 Å². The number of carbonyl (C=O) groups is 1. The molecule has 1 saturated heterocycles. The van der Waals surface area contributed by atoms with Crippen molar-refractivity contribution in [3.63, 3.8) is 0 Å². The number of esters is 1. The van der Waals surface area contributed by atoms with Crippen LogP contribution in [0.15, 0.2) is 12.2 Å². The van der Waals surface area contributed by atoms with E-state index in [1.807, 2.05) is 0 Å². The zero-order chi connectivity index (χ0) is 8.93. The summed E-state index contributed by atoms with van der Waals surface area (Å²) in [6.45, 7) is 8.13. The fraction of sp³-hybridized carbons (Fsp3) is 0.700. The molecule has 0 N–H and O–H groups in total. The largest absolute Gasteiger partial charge is 0.461 e. The molecule has 1 heterocycles. The molecule has 0 radical (unpaired) electrons. The summed E-state index contributed by atoms with van der Waals surface area (Å²) in [5.41, 5.74) is 1.03. The van der Waals surface area contributed by atoms with Crippen LogP contribution in [0.5, 0.6) is 0 Å². The van der Waals surface area contributed by atoms with Crippen molar-refractivity contribution >= 4 is 5.97 Å². The molecule has 0 spiro atoms. The highest BCUT2D eigenvalue weighted by molar-refractivity contribution is 5.80. The summed E-state index contributed by atoms with van der Waals surface area (Å²) in [6.07, 6.45) is 2.03. The van der Waals surface area contributed by atoms with E-state index in [-0.39, 0.29) is 23.4 Å². The quantitative estimate of drug-likeness (QED) is 0.406. The summed E-state index contributed by atoms with van der Waals surface area (Å²) in [7, 11) is 0. The minimum Gasteiger partial charge on any atom is -0.461 e. The molecule has 2 heteroatoms. The number of carbonyl (C=O) groups excluding carboxylic acids is 1. The topological polar surface area (TPSA) is 26.3 Å². The van der Waals surface area contributed by atoms with Gasteiger partial charge in [-0.3, -0.25) is 4.79 Å². The second-order valence-corrected chi connectivity index (χ2v) is 4.38. The molecule has 1 saturated carbocycles. The Bertz CT molecular complexity index is 245. The molecule has 0 aromatic rings. The molecule has 66 valence electrons. The Kier molecular flexibility index (Phi) is 1.39. The third-order valence-corrected chi connectivity index (χ3v) is 3.20. The van der Waals surface area contributed by atoms with Gasteiger partial charge in [-0.2, -0.15) is 0 Å². The highest BCUT2D eigenvalue weighted by Gasteiger charge is 2.54. The van der Waals surface area contributed by atoms with Gasteiger partial charge in [-0.05, 0) is 12.8 Å². The van der Waals surface area contributed by atoms with E-state index in [0.29, 0.717) is 0 Å². The van der Waals surface area contributed by atoms with Gasteiger partial charge < -0.3 is 4.74 Å². The summed E-state index contributed by atoms with van der Waals surface area (Å²) in [6, 6.07) is 0. The predicted octanol–water partition coefficient (Wildman–Crippen LogP) is 1.90. The van der Waals surface area contributed by atoms with Crippen LogP contribution in [0.25, 0.3) is 0 Å². The molecule has 0 unspecified atom stereocenters. The van der Waals surface area contributed by atoms with Crippen LogP contribution >= 0.6 is 0 Å². The average molecular weight is 166 g/mol. The minimum atomic E-state index is -0.0625.